The van der Waals surface area contributed by atoms with Gasteiger partial charge < -0.3 is 10.5 Å². The second-order valence-corrected chi connectivity index (χ2v) is 4.17. The Balaban J connectivity index is 0.00000225. The van der Waals surface area contributed by atoms with Crippen molar-refractivity contribution in [2.75, 3.05) is 6.61 Å². The Morgan fingerprint density at radius 3 is 2.69 bits per heavy atom. The first-order valence-electron chi connectivity index (χ1n) is 4.45. The molecular weight excluding hydrogens is 317 g/mol. The summed E-state index contributed by atoms with van der Waals surface area (Å²) in [5.74, 6) is -0.435. The van der Waals surface area contributed by atoms with Crippen LogP contribution >= 0.6 is 39.9 Å². The van der Waals surface area contributed by atoms with Crippen molar-refractivity contribution in [1.29, 1.82) is 0 Å². The van der Waals surface area contributed by atoms with E-state index in [0.29, 0.717) is 22.8 Å². The van der Waals surface area contributed by atoms with E-state index in [1.165, 1.54) is 0 Å². The molecule has 0 aliphatic carbocycles. The predicted octanol–water partition coefficient (Wildman–Crippen LogP) is 3.16. The van der Waals surface area contributed by atoms with E-state index in [-0.39, 0.29) is 19.0 Å². The first-order chi connectivity index (χ1) is 7.10. The fourth-order valence-electron chi connectivity index (χ4n) is 1.22. The van der Waals surface area contributed by atoms with Crippen LogP contribution < -0.4 is 5.73 Å². The molecule has 0 aliphatic heterocycles. The standard InChI is InChI=1S/C10H11BrClNO2.ClH/c1-2-15-10(14)9-6(5-13)3-7(11)4-8(9)12;/h3-4H,2,5,13H2,1H3;1H. The zero-order valence-corrected chi connectivity index (χ0v) is 11.8. The van der Waals surface area contributed by atoms with Crippen LogP contribution in [0.1, 0.15) is 22.8 Å². The highest BCUT2D eigenvalue weighted by Gasteiger charge is 2.16. The molecule has 0 unspecified atom stereocenters. The van der Waals surface area contributed by atoms with Crippen LogP contribution in [0.3, 0.4) is 0 Å². The summed E-state index contributed by atoms with van der Waals surface area (Å²) in [7, 11) is 0. The van der Waals surface area contributed by atoms with Gasteiger partial charge in [0.15, 0.2) is 0 Å². The zero-order chi connectivity index (χ0) is 11.4. The van der Waals surface area contributed by atoms with E-state index in [9.17, 15) is 4.79 Å². The van der Waals surface area contributed by atoms with Crippen molar-refractivity contribution in [3.8, 4) is 0 Å². The highest BCUT2D eigenvalue weighted by atomic mass is 79.9. The smallest absolute Gasteiger partial charge is 0.339 e. The normalized spacial score (nSPS) is 9.50. The third-order valence-corrected chi connectivity index (χ3v) is 2.59. The van der Waals surface area contributed by atoms with Crippen LogP contribution in [0.15, 0.2) is 16.6 Å². The maximum atomic E-state index is 11.6. The molecule has 0 amide bonds. The minimum absolute atomic E-state index is 0. The molecule has 0 heterocycles. The molecule has 3 nitrogen and oxygen atoms in total. The molecule has 0 saturated carbocycles. The zero-order valence-electron chi connectivity index (χ0n) is 8.63. The molecule has 0 atom stereocenters. The number of benzene rings is 1. The molecule has 1 aromatic carbocycles. The molecule has 90 valence electrons. The summed E-state index contributed by atoms with van der Waals surface area (Å²) in [6.45, 7) is 2.30. The average molecular weight is 329 g/mol. The SMILES string of the molecule is CCOC(=O)c1c(Cl)cc(Br)cc1CN.Cl. The quantitative estimate of drug-likeness (QED) is 0.867. The van der Waals surface area contributed by atoms with Gasteiger partial charge >= 0.3 is 5.97 Å². The fourth-order valence-corrected chi connectivity index (χ4v) is 2.17. The lowest BCUT2D eigenvalue weighted by Crippen LogP contribution is -2.11. The third-order valence-electron chi connectivity index (χ3n) is 1.84. The minimum atomic E-state index is -0.435. The highest BCUT2D eigenvalue weighted by molar-refractivity contribution is 9.10. The molecule has 0 aromatic heterocycles. The lowest BCUT2D eigenvalue weighted by Gasteiger charge is -2.09. The van der Waals surface area contributed by atoms with E-state index in [1.807, 2.05) is 0 Å². The first kappa shape index (κ1) is 15.7. The van der Waals surface area contributed by atoms with Crippen molar-refractivity contribution in [3.05, 3.63) is 32.8 Å². The van der Waals surface area contributed by atoms with Crippen LogP contribution in [0.4, 0.5) is 0 Å². The van der Waals surface area contributed by atoms with Crippen molar-refractivity contribution in [2.24, 2.45) is 5.73 Å². The van der Waals surface area contributed by atoms with Crippen molar-refractivity contribution < 1.29 is 9.53 Å². The second kappa shape index (κ2) is 7.12. The van der Waals surface area contributed by atoms with Gasteiger partial charge in [-0.15, -0.1) is 12.4 Å². The summed E-state index contributed by atoms with van der Waals surface area (Å²) in [4.78, 5) is 11.6. The molecule has 16 heavy (non-hydrogen) atoms. The number of carbonyl (C=O) groups is 1. The number of halogens is 3. The Bertz CT molecular complexity index is 385. The van der Waals surface area contributed by atoms with Gasteiger partial charge in [-0.1, -0.05) is 27.5 Å². The number of hydrogen-bond donors (Lipinski definition) is 1. The summed E-state index contributed by atoms with van der Waals surface area (Å²) in [6, 6.07) is 3.41. The number of nitrogens with two attached hydrogens (primary N) is 1. The van der Waals surface area contributed by atoms with Crippen molar-refractivity contribution in [1.82, 2.24) is 0 Å². The Hall–Kier alpha value is -0.290. The first-order valence-corrected chi connectivity index (χ1v) is 5.62. The van der Waals surface area contributed by atoms with E-state index >= 15 is 0 Å². The topological polar surface area (TPSA) is 52.3 Å². The predicted molar refractivity (Wildman–Crippen MR) is 70.2 cm³/mol. The Kier molecular flexibility index (Phi) is 6.99. The van der Waals surface area contributed by atoms with Crippen LogP contribution in [0, 0.1) is 0 Å². The van der Waals surface area contributed by atoms with Gasteiger partial charge in [-0.3, -0.25) is 0 Å². The number of ether oxygens (including phenoxy) is 1. The molecule has 1 aromatic rings. The van der Waals surface area contributed by atoms with Crippen LogP contribution in [-0.4, -0.2) is 12.6 Å². The number of rotatable bonds is 3. The maximum absolute atomic E-state index is 11.6. The molecule has 2 N–H and O–H groups in total. The van der Waals surface area contributed by atoms with Crippen LogP contribution in [0.5, 0.6) is 0 Å². The van der Waals surface area contributed by atoms with E-state index in [1.54, 1.807) is 19.1 Å². The summed E-state index contributed by atoms with van der Waals surface area (Å²) in [5, 5.41) is 0.350. The summed E-state index contributed by atoms with van der Waals surface area (Å²) in [6.07, 6.45) is 0. The molecule has 0 saturated heterocycles. The van der Waals surface area contributed by atoms with Gasteiger partial charge in [-0.05, 0) is 24.6 Å². The van der Waals surface area contributed by atoms with Gasteiger partial charge in [0.25, 0.3) is 0 Å². The molecule has 0 aliphatic rings. The molecule has 0 spiro atoms. The number of esters is 1. The Morgan fingerprint density at radius 1 is 1.56 bits per heavy atom. The third kappa shape index (κ3) is 3.63. The molecular formula is C10H12BrCl2NO2. The van der Waals surface area contributed by atoms with Gasteiger partial charge in [-0.2, -0.15) is 0 Å². The number of carbonyl (C=O) groups excluding carboxylic acids is 1. The van der Waals surface area contributed by atoms with E-state index in [0.717, 1.165) is 4.47 Å². The maximum Gasteiger partial charge on any atom is 0.339 e. The van der Waals surface area contributed by atoms with E-state index < -0.39 is 5.97 Å². The largest absolute Gasteiger partial charge is 0.462 e. The van der Waals surface area contributed by atoms with Gasteiger partial charge in [0.2, 0.25) is 0 Å². The summed E-state index contributed by atoms with van der Waals surface area (Å²) >= 11 is 9.24. The molecule has 0 bridgehead atoms. The Labute approximate surface area is 114 Å². The van der Waals surface area contributed by atoms with Crippen LogP contribution in [0.25, 0.3) is 0 Å². The Morgan fingerprint density at radius 2 is 2.19 bits per heavy atom. The fraction of sp³-hybridized carbons (Fsp3) is 0.300. The van der Waals surface area contributed by atoms with Gasteiger partial charge in [0.05, 0.1) is 17.2 Å². The van der Waals surface area contributed by atoms with E-state index in [2.05, 4.69) is 15.9 Å². The molecule has 1 rings (SSSR count). The lowest BCUT2D eigenvalue weighted by atomic mass is 10.1. The van der Waals surface area contributed by atoms with Gasteiger partial charge in [-0.25, -0.2) is 4.79 Å². The second-order valence-electron chi connectivity index (χ2n) is 2.85. The van der Waals surface area contributed by atoms with Crippen LogP contribution in [0.2, 0.25) is 5.02 Å². The lowest BCUT2D eigenvalue weighted by molar-refractivity contribution is 0.0525. The monoisotopic (exact) mass is 327 g/mol. The highest BCUT2D eigenvalue weighted by Crippen LogP contribution is 2.26. The van der Waals surface area contributed by atoms with Crippen molar-refractivity contribution in [2.45, 2.75) is 13.5 Å². The number of hydrogen-bond acceptors (Lipinski definition) is 3. The van der Waals surface area contributed by atoms with Gasteiger partial charge in [0.1, 0.15) is 0 Å². The van der Waals surface area contributed by atoms with E-state index in [4.69, 9.17) is 22.1 Å². The molecule has 0 radical (unpaired) electrons. The van der Waals surface area contributed by atoms with Crippen molar-refractivity contribution >= 4 is 45.9 Å². The minimum Gasteiger partial charge on any atom is -0.462 e. The van der Waals surface area contributed by atoms with Crippen molar-refractivity contribution in [3.63, 3.8) is 0 Å². The molecule has 6 heteroatoms. The van der Waals surface area contributed by atoms with Gasteiger partial charge in [0, 0.05) is 11.0 Å². The van der Waals surface area contributed by atoms with Crippen LogP contribution in [-0.2, 0) is 11.3 Å². The average Bonchev–Trinajstić information content (AvgIpc) is 2.16. The molecule has 0 fully saturated rings. The summed E-state index contributed by atoms with van der Waals surface area (Å²) in [5.41, 5.74) is 6.56. The summed E-state index contributed by atoms with van der Waals surface area (Å²) < 4.78 is 5.69.